The number of hydrogen-bond donors (Lipinski definition) is 1. The van der Waals surface area contributed by atoms with E-state index >= 15 is 0 Å². The van der Waals surface area contributed by atoms with Crippen LogP contribution in [0.4, 0.5) is 0 Å². The molecule has 0 radical (unpaired) electrons. The molecule has 0 unspecified atom stereocenters. The maximum Gasteiger partial charge on any atom is 0.113 e. The lowest BCUT2D eigenvalue weighted by Gasteiger charge is -2.23. The molecule has 0 saturated heterocycles. The van der Waals surface area contributed by atoms with Crippen molar-refractivity contribution in [3.8, 4) is 11.3 Å². The molecule has 1 aliphatic carbocycles. The van der Waals surface area contributed by atoms with Crippen LogP contribution < -0.4 is 5.73 Å². The molecule has 18 heavy (non-hydrogen) atoms. The van der Waals surface area contributed by atoms with Gasteiger partial charge in [-0.2, -0.15) is 0 Å². The fraction of sp³-hybridized carbons (Fsp3) is 0.500. The number of nitrogens with zero attached hydrogens (tertiary/aromatic N) is 1. The van der Waals surface area contributed by atoms with E-state index in [1.54, 1.807) is 17.6 Å². The van der Waals surface area contributed by atoms with E-state index in [9.17, 15) is 0 Å². The molecular weight excluding hydrogens is 244 g/mol. The maximum atomic E-state index is 6.45. The molecule has 0 fully saturated rings. The Morgan fingerprint density at radius 2 is 2.17 bits per heavy atom. The number of thiazole rings is 1. The molecule has 2 aromatic heterocycles. The van der Waals surface area contributed by atoms with E-state index < -0.39 is 0 Å². The van der Waals surface area contributed by atoms with Crippen LogP contribution in [0.25, 0.3) is 11.3 Å². The molecule has 0 spiro atoms. The van der Waals surface area contributed by atoms with Gasteiger partial charge in [0.05, 0.1) is 17.5 Å². The molecule has 0 aromatic carbocycles. The highest BCUT2D eigenvalue weighted by atomic mass is 32.1. The van der Waals surface area contributed by atoms with Crippen LogP contribution in [-0.4, -0.2) is 4.98 Å². The summed E-state index contributed by atoms with van der Waals surface area (Å²) in [5.74, 6) is 1.06. The molecule has 96 valence electrons. The fourth-order valence-corrected chi connectivity index (χ4v) is 3.79. The Bertz CT molecular complexity index is 566. The number of furan rings is 1. The van der Waals surface area contributed by atoms with Crippen LogP contribution in [-0.2, 0) is 18.4 Å². The molecule has 3 rings (SSSR count). The zero-order valence-electron chi connectivity index (χ0n) is 10.8. The van der Waals surface area contributed by atoms with Crippen molar-refractivity contribution in [2.45, 2.75) is 45.1 Å². The highest BCUT2D eigenvalue weighted by Gasteiger charge is 2.31. The Balaban J connectivity index is 2.09. The predicted octanol–water partition coefficient (Wildman–Crippen LogP) is 3.48. The topological polar surface area (TPSA) is 52.0 Å². The minimum atomic E-state index is -0.272. The van der Waals surface area contributed by atoms with Gasteiger partial charge in [-0.15, -0.1) is 11.3 Å². The van der Waals surface area contributed by atoms with Crippen LogP contribution in [0.1, 0.15) is 42.3 Å². The van der Waals surface area contributed by atoms with Gasteiger partial charge in [0, 0.05) is 16.9 Å². The third-order valence-electron chi connectivity index (χ3n) is 3.96. The van der Waals surface area contributed by atoms with E-state index in [0.717, 1.165) is 47.7 Å². The van der Waals surface area contributed by atoms with Crippen LogP contribution in [0.3, 0.4) is 0 Å². The van der Waals surface area contributed by atoms with Gasteiger partial charge in [-0.25, -0.2) is 4.98 Å². The van der Waals surface area contributed by atoms with Crippen molar-refractivity contribution >= 4 is 11.3 Å². The first-order chi connectivity index (χ1) is 8.68. The molecule has 2 aromatic rings. The second kappa shape index (κ2) is 4.21. The van der Waals surface area contributed by atoms with Crippen molar-refractivity contribution in [2.24, 2.45) is 5.73 Å². The number of aryl methyl sites for hydroxylation is 2. The van der Waals surface area contributed by atoms with E-state index in [1.807, 2.05) is 6.07 Å². The highest BCUT2D eigenvalue weighted by Crippen LogP contribution is 2.40. The lowest BCUT2D eigenvalue weighted by atomic mass is 9.95. The second-order valence-electron chi connectivity index (χ2n) is 4.91. The Morgan fingerprint density at radius 3 is 2.89 bits per heavy atom. The van der Waals surface area contributed by atoms with Crippen molar-refractivity contribution in [1.82, 2.24) is 4.98 Å². The van der Waals surface area contributed by atoms with Crippen LogP contribution in [0, 0.1) is 0 Å². The van der Waals surface area contributed by atoms with E-state index in [4.69, 9.17) is 15.1 Å². The fourth-order valence-electron chi connectivity index (χ4n) is 2.47. The lowest BCUT2D eigenvalue weighted by Crippen LogP contribution is -2.34. The minimum absolute atomic E-state index is 0.272. The predicted molar refractivity (Wildman–Crippen MR) is 73.7 cm³/mol. The molecular formula is C14H18N2OS. The van der Waals surface area contributed by atoms with Crippen LogP contribution in [0.2, 0.25) is 0 Å². The summed E-state index contributed by atoms with van der Waals surface area (Å²) in [5, 5.41) is 1.08. The summed E-state index contributed by atoms with van der Waals surface area (Å²) in [6, 6.07) is 2.02. The molecule has 1 aliphatic rings. The van der Waals surface area contributed by atoms with E-state index in [1.165, 1.54) is 4.88 Å². The molecule has 0 aliphatic heterocycles. The molecule has 0 atom stereocenters. The van der Waals surface area contributed by atoms with Gasteiger partial charge in [-0.05, 0) is 25.3 Å². The normalized spacial score (nSPS) is 14.4. The first-order valence-corrected chi connectivity index (χ1v) is 7.35. The number of nitrogens with two attached hydrogens (primary N) is 1. The number of rotatable bonds is 3. The third-order valence-corrected chi connectivity index (χ3v) is 5.30. The highest BCUT2D eigenvalue weighted by molar-refractivity contribution is 7.12. The Labute approximate surface area is 111 Å². The molecule has 2 N–H and O–H groups in total. The zero-order chi connectivity index (χ0) is 12.8. The smallest absolute Gasteiger partial charge is 0.113 e. The molecule has 4 heteroatoms. The molecule has 0 saturated carbocycles. The largest absolute Gasteiger partial charge is 0.469 e. The van der Waals surface area contributed by atoms with Crippen LogP contribution >= 0.6 is 11.3 Å². The Morgan fingerprint density at radius 1 is 1.39 bits per heavy atom. The summed E-state index contributed by atoms with van der Waals surface area (Å²) in [6.45, 7) is 4.26. The average Bonchev–Trinajstić information content (AvgIpc) is 3.02. The first kappa shape index (κ1) is 11.9. The van der Waals surface area contributed by atoms with Gasteiger partial charge in [0.25, 0.3) is 0 Å². The minimum Gasteiger partial charge on any atom is -0.469 e. The Kier molecular flexibility index (Phi) is 2.79. The van der Waals surface area contributed by atoms with Crippen molar-refractivity contribution < 1.29 is 4.42 Å². The van der Waals surface area contributed by atoms with Crippen LogP contribution in [0.15, 0.2) is 16.7 Å². The summed E-state index contributed by atoms with van der Waals surface area (Å²) in [6.07, 6.45) is 5.61. The van der Waals surface area contributed by atoms with E-state index in [0.29, 0.717) is 0 Å². The molecule has 3 nitrogen and oxygen atoms in total. The summed E-state index contributed by atoms with van der Waals surface area (Å²) in [5.41, 5.74) is 8.44. The van der Waals surface area contributed by atoms with Crippen molar-refractivity contribution in [1.29, 1.82) is 0 Å². The number of hydrogen-bond acceptors (Lipinski definition) is 4. The Hall–Kier alpha value is -1.13. The summed E-state index contributed by atoms with van der Waals surface area (Å²) >= 11 is 1.78. The van der Waals surface area contributed by atoms with E-state index in [2.05, 4.69) is 13.8 Å². The standard InChI is InChI=1S/C14H18N2OS/c1-3-14(15,4-2)13-16-12-9-7-8-17-10(9)5-6-11(12)18-13/h7-8H,3-6,15H2,1-2H3. The van der Waals surface area contributed by atoms with Gasteiger partial charge in [-0.1, -0.05) is 13.8 Å². The van der Waals surface area contributed by atoms with Crippen molar-refractivity contribution in [3.63, 3.8) is 0 Å². The number of fused-ring (bicyclic) bond motifs is 3. The quantitative estimate of drug-likeness (QED) is 0.921. The van der Waals surface area contributed by atoms with Gasteiger partial charge < -0.3 is 10.2 Å². The average molecular weight is 262 g/mol. The summed E-state index contributed by atoms with van der Waals surface area (Å²) < 4.78 is 5.49. The second-order valence-corrected chi connectivity index (χ2v) is 6.00. The molecule has 0 amide bonds. The third kappa shape index (κ3) is 1.63. The van der Waals surface area contributed by atoms with Crippen LogP contribution in [0.5, 0.6) is 0 Å². The SMILES string of the molecule is CCC(N)(CC)c1nc2c(s1)CCc1occc1-2. The lowest BCUT2D eigenvalue weighted by molar-refractivity contribution is 0.411. The summed E-state index contributed by atoms with van der Waals surface area (Å²) in [4.78, 5) is 6.17. The summed E-state index contributed by atoms with van der Waals surface area (Å²) in [7, 11) is 0. The molecule has 2 heterocycles. The van der Waals surface area contributed by atoms with Gasteiger partial charge in [0.2, 0.25) is 0 Å². The maximum absolute atomic E-state index is 6.45. The van der Waals surface area contributed by atoms with E-state index in [-0.39, 0.29) is 5.54 Å². The number of aromatic nitrogens is 1. The van der Waals surface area contributed by atoms with Gasteiger partial charge in [0.15, 0.2) is 0 Å². The monoisotopic (exact) mass is 262 g/mol. The van der Waals surface area contributed by atoms with Gasteiger partial charge in [-0.3, -0.25) is 0 Å². The first-order valence-electron chi connectivity index (χ1n) is 6.53. The van der Waals surface area contributed by atoms with Crippen molar-refractivity contribution in [3.05, 3.63) is 28.0 Å². The van der Waals surface area contributed by atoms with Crippen molar-refractivity contribution in [2.75, 3.05) is 0 Å². The van der Waals surface area contributed by atoms with Gasteiger partial charge >= 0.3 is 0 Å². The van der Waals surface area contributed by atoms with Gasteiger partial charge in [0.1, 0.15) is 10.8 Å². The zero-order valence-corrected chi connectivity index (χ0v) is 11.6. The molecule has 0 bridgehead atoms.